The van der Waals surface area contributed by atoms with E-state index in [1.165, 1.54) is 6.20 Å². The molecule has 2 aromatic heterocycles. The first-order valence-corrected chi connectivity index (χ1v) is 4.51. The first-order chi connectivity index (χ1) is 7.20. The third-order valence-corrected chi connectivity index (χ3v) is 2.30. The van der Waals surface area contributed by atoms with Gasteiger partial charge in [-0.3, -0.25) is 4.98 Å². The van der Waals surface area contributed by atoms with E-state index in [4.69, 9.17) is 5.11 Å². The number of carboxylic acid groups (broad SMARTS) is 1. The highest BCUT2D eigenvalue weighted by atomic mass is 16.4. The van der Waals surface area contributed by atoms with Crippen LogP contribution >= 0.6 is 0 Å². The van der Waals surface area contributed by atoms with Gasteiger partial charge in [-0.05, 0) is 24.6 Å². The van der Waals surface area contributed by atoms with Gasteiger partial charge in [-0.25, -0.2) is 4.79 Å². The molecule has 4 heteroatoms. The molecule has 0 radical (unpaired) electrons. The van der Waals surface area contributed by atoms with Gasteiger partial charge in [0.05, 0.1) is 17.4 Å². The molecule has 2 aromatic rings. The molecule has 2 rings (SSSR count). The van der Waals surface area contributed by atoms with E-state index in [-0.39, 0.29) is 5.56 Å². The van der Waals surface area contributed by atoms with Crippen molar-refractivity contribution in [1.29, 1.82) is 0 Å². The molecule has 0 saturated carbocycles. The number of aromatic carboxylic acids is 1. The van der Waals surface area contributed by atoms with Crippen LogP contribution in [0.25, 0.3) is 5.69 Å². The van der Waals surface area contributed by atoms with Gasteiger partial charge < -0.3 is 9.67 Å². The number of aromatic nitrogens is 2. The van der Waals surface area contributed by atoms with Gasteiger partial charge in [0.25, 0.3) is 0 Å². The summed E-state index contributed by atoms with van der Waals surface area (Å²) in [7, 11) is 0. The summed E-state index contributed by atoms with van der Waals surface area (Å²) in [5.74, 6) is -0.950. The van der Waals surface area contributed by atoms with Crippen molar-refractivity contribution < 1.29 is 9.90 Å². The van der Waals surface area contributed by atoms with E-state index in [0.29, 0.717) is 5.56 Å². The average Bonchev–Trinajstić information content (AvgIpc) is 2.70. The Balaban J connectivity index is 2.59. The van der Waals surface area contributed by atoms with E-state index in [0.717, 1.165) is 5.69 Å². The van der Waals surface area contributed by atoms with Crippen molar-refractivity contribution >= 4 is 5.97 Å². The van der Waals surface area contributed by atoms with Gasteiger partial charge in [-0.1, -0.05) is 0 Å². The molecule has 0 spiro atoms. The van der Waals surface area contributed by atoms with Gasteiger partial charge in [0, 0.05) is 18.6 Å². The Morgan fingerprint density at radius 3 is 2.60 bits per heavy atom. The Hall–Kier alpha value is -2.10. The number of carbonyl (C=O) groups is 1. The molecule has 76 valence electrons. The lowest BCUT2D eigenvalue weighted by Gasteiger charge is -2.08. The summed E-state index contributed by atoms with van der Waals surface area (Å²) in [6.45, 7) is 1.78. The van der Waals surface area contributed by atoms with E-state index < -0.39 is 5.97 Å². The lowest BCUT2D eigenvalue weighted by atomic mass is 10.1. The summed E-state index contributed by atoms with van der Waals surface area (Å²) < 4.78 is 1.84. The third-order valence-electron chi connectivity index (χ3n) is 2.30. The molecule has 0 aromatic carbocycles. The normalized spacial score (nSPS) is 10.2. The zero-order valence-electron chi connectivity index (χ0n) is 8.21. The number of rotatable bonds is 2. The number of hydrogen-bond donors (Lipinski definition) is 1. The van der Waals surface area contributed by atoms with Crippen molar-refractivity contribution in [3.63, 3.8) is 0 Å². The first-order valence-electron chi connectivity index (χ1n) is 4.51. The maximum Gasteiger partial charge on any atom is 0.337 e. The van der Waals surface area contributed by atoms with E-state index in [2.05, 4.69) is 4.98 Å². The van der Waals surface area contributed by atoms with E-state index in [1.54, 1.807) is 13.1 Å². The topological polar surface area (TPSA) is 55.1 Å². The van der Waals surface area contributed by atoms with Crippen LogP contribution in [0.5, 0.6) is 0 Å². The minimum Gasteiger partial charge on any atom is -0.478 e. The molecule has 0 bridgehead atoms. The van der Waals surface area contributed by atoms with Gasteiger partial charge in [0.2, 0.25) is 0 Å². The zero-order chi connectivity index (χ0) is 10.8. The molecule has 15 heavy (non-hydrogen) atoms. The second-order valence-electron chi connectivity index (χ2n) is 3.23. The number of pyridine rings is 1. The molecular weight excluding hydrogens is 192 g/mol. The molecule has 0 fully saturated rings. The van der Waals surface area contributed by atoms with Crippen LogP contribution < -0.4 is 0 Å². The quantitative estimate of drug-likeness (QED) is 0.808. The third kappa shape index (κ3) is 1.61. The van der Waals surface area contributed by atoms with Crippen LogP contribution in [0.3, 0.4) is 0 Å². The minimum absolute atomic E-state index is 0.237. The minimum atomic E-state index is -0.950. The largest absolute Gasteiger partial charge is 0.478 e. The van der Waals surface area contributed by atoms with Crippen LogP contribution in [0.2, 0.25) is 0 Å². The summed E-state index contributed by atoms with van der Waals surface area (Å²) in [4.78, 5) is 14.8. The maximum atomic E-state index is 10.9. The van der Waals surface area contributed by atoms with Gasteiger partial charge in [-0.2, -0.15) is 0 Å². The standard InChI is InChI=1S/C11H10N2O2/c1-8-9(11(14)15)6-12-7-10(8)13-4-2-3-5-13/h2-7H,1H3,(H,14,15). The molecule has 4 nitrogen and oxygen atoms in total. The van der Waals surface area contributed by atoms with Gasteiger partial charge in [-0.15, -0.1) is 0 Å². The van der Waals surface area contributed by atoms with Crippen molar-refractivity contribution in [1.82, 2.24) is 9.55 Å². The second kappa shape index (κ2) is 3.57. The molecule has 1 N–H and O–H groups in total. The molecule has 0 aliphatic heterocycles. The summed E-state index contributed by atoms with van der Waals surface area (Å²) in [5, 5.41) is 8.94. The van der Waals surface area contributed by atoms with Gasteiger partial charge in [0.15, 0.2) is 0 Å². The highest BCUT2D eigenvalue weighted by Gasteiger charge is 2.11. The number of hydrogen-bond acceptors (Lipinski definition) is 2. The van der Waals surface area contributed by atoms with Crippen LogP contribution in [-0.2, 0) is 0 Å². The van der Waals surface area contributed by atoms with E-state index in [1.807, 2.05) is 29.1 Å². The van der Waals surface area contributed by atoms with Crippen LogP contribution in [0.4, 0.5) is 0 Å². The predicted octanol–water partition coefficient (Wildman–Crippen LogP) is 1.88. The molecule has 0 aliphatic carbocycles. The average molecular weight is 202 g/mol. The van der Waals surface area contributed by atoms with Crippen molar-refractivity contribution in [2.24, 2.45) is 0 Å². The molecule has 2 heterocycles. The SMILES string of the molecule is Cc1c(C(=O)O)cncc1-n1cccc1. The lowest BCUT2D eigenvalue weighted by Crippen LogP contribution is -2.04. The molecule has 0 amide bonds. The molecule has 0 unspecified atom stereocenters. The summed E-state index contributed by atoms with van der Waals surface area (Å²) in [6, 6.07) is 3.76. The van der Waals surface area contributed by atoms with Crippen molar-refractivity contribution in [2.45, 2.75) is 6.92 Å². The van der Waals surface area contributed by atoms with Crippen molar-refractivity contribution in [3.8, 4) is 5.69 Å². The smallest absolute Gasteiger partial charge is 0.337 e. The molecular formula is C11H10N2O2. The Labute approximate surface area is 86.8 Å². The van der Waals surface area contributed by atoms with Crippen LogP contribution in [0, 0.1) is 6.92 Å². The fourth-order valence-corrected chi connectivity index (χ4v) is 1.49. The van der Waals surface area contributed by atoms with Gasteiger partial charge >= 0.3 is 5.97 Å². The Bertz CT molecular complexity index is 489. The molecule has 0 aliphatic rings. The van der Waals surface area contributed by atoms with E-state index in [9.17, 15) is 4.79 Å². The van der Waals surface area contributed by atoms with Crippen LogP contribution in [-0.4, -0.2) is 20.6 Å². The Morgan fingerprint density at radius 2 is 2.00 bits per heavy atom. The highest BCUT2D eigenvalue weighted by Crippen LogP contribution is 2.16. The van der Waals surface area contributed by atoms with Crippen LogP contribution in [0.1, 0.15) is 15.9 Å². The fraction of sp³-hybridized carbons (Fsp3) is 0.0909. The van der Waals surface area contributed by atoms with Crippen LogP contribution in [0.15, 0.2) is 36.9 Å². The fourth-order valence-electron chi connectivity index (χ4n) is 1.49. The Morgan fingerprint density at radius 1 is 1.33 bits per heavy atom. The summed E-state index contributed by atoms with van der Waals surface area (Å²) in [5.41, 5.74) is 1.75. The first kappa shape index (κ1) is 9.45. The lowest BCUT2D eigenvalue weighted by molar-refractivity contribution is 0.0695. The highest BCUT2D eigenvalue weighted by molar-refractivity contribution is 5.89. The van der Waals surface area contributed by atoms with Crippen molar-refractivity contribution in [3.05, 3.63) is 48.0 Å². The number of carboxylic acids is 1. The monoisotopic (exact) mass is 202 g/mol. The summed E-state index contributed by atoms with van der Waals surface area (Å²) >= 11 is 0. The molecule has 0 saturated heterocycles. The van der Waals surface area contributed by atoms with Gasteiger partial charge in [0.1, 0.15) is 0 Å². The Kier molecular flexibility index (Phi) is 2.25. The second-order valence-corrected chi connectivity index (χ2v) is 3.23. The van der Waals surface area contributed by atoms with Crippen molar-refractivity contribution in [2.75, 3.05) is 0 Å². The zero-order valence-corrected chi connectivity index (χ0v) is 8.21. The summed E-state index contributed by atoms with van der Waals surface area (Å²) in [6.07, 6.45) is 6.73. The maximum absolute atomic E-state index is 10.9. The predicted molar refractivity (Wildman–Crippen MR) is 55.3 cm³/mol. The number of nitrogens with zero attached hydrogens (tertiary/aromatic N) is 2. The van der Waals surface area contributed by atoms with E-state index >= 15 is 0 Å². The molecule has 0 atom stereocenters.